The highest BCUT2D eigenvalue weighted by Gasteiger charge is 2.24. The predicted molar refractivity (Wildman–Crippen MR) is 106 cm³/mol. The summed E-state index contributed by atoms with van der Waals surface area (Å²) in [5, 5.41) is 27.2. The Labute approximate surface area is 158 Å². The molecule has 2 aromatic rings. The largest absolute Gasteiger partial charge is 0.508 e. The SMILES string of the molecule is Cc1cc(O)c(C(C)C)cc1NC(=O)CC1=NNC(c2ccccc2O)C1. The summed E-state index contributed by atoms with van der Waals surface area (Å²) >= 11 is 0. The molecule has 1 unspecified atom stereocenters. The first-order chi connectivity index (χ1) is 12.8. The Kier molecular flexibility index (Phi) is 5.35. The zero-order valence-electron chi connectivity index (χ0n) is 15.8. The molecule has 0 aliphatic carbocycles. The van der Waals surface area contributed by atoms with Crippen LogP contribution in [0.15, 0.2) is 41.5 Å². The Bertz CT molecular complexity index is 890. The summed E-state index contributed by atoms with van der Waals surface area (Å²) in [6.45, 7) is 5.84. The van der Waals surface area contributed by atoms with Crippen molar-refractivity contribution in [3.63, 3.8) is 0 Å². The van der Waals surface area contributed by atoms with Gasteiger partial charge in [-0.15, -0.1) is 0 Å². The van der Waals surface area contributed by atoms with Gasteiger partial charge < -0.3 is 21.0 Å². The minimum absolute atomic E-state index is 0.128. The van der Waals surface area contributed by atoms with Crippen molar-refractivity contribution in [1.29, 1.82) is 0 Å². The van der Waals surface area contributed by atoms with Crippen molar-refractivity contribution in [3.8, 4) is 11.5 Å². The number of amides is 1. The van der Waals surface area contributed by atoms with Crippen LogP contribution in [0.25, 0.3) is 0 Å². The number of nitrogens with zero attached hydrogens (tertiary/aromatic N) is 1. The lowest BCUT2D eigenvalue weighted by Crippen LogP contribution is -2.17. The highest BCUT2D eigenvalue weighted by molar-refractivity contribution is 6.07. The molecule has 27 heavy (non-hydrogen) atoms. The lowest BCUT2D eigenvalue weighted by atomic mass is 9.98. The van der Waals surface area contributed by atoms with Crippen LogP contribution in [0.3, 0.4) is 0 Å². The quantitative estimate of drug-likeness (QED) is 0.602. The summed E-state index contributed by atoms with van der Waals surface area (Å²) < 4.78 is 0. The fourth-order valence-corrected chi connectivity index (χ4v) is 3.26. The average molecular weight is 367 g/mol. The lowest BCUT2D eigenvalue weighted by Gasteiger charge is -2.14. The predicted octanol–water partition coefficient (Wildman–Crippen LogP) is 3.95. The maximum Gasteiger partial charge on any atom is 0.230 e. The van der Waals surface area contributed by atoms with E-state index in [0.29, 0.717) is 12.1 Å². The summed E-state index contributed by atoms with van der Waals surface area (Å²) in [5.74, 6) is 0.466. The van der Waals surface area contributed by atoms with Crippen molar-refractivity contribution in [1.82, 2.24) is 5.43 Å². The van der Waals surface area contributed by atoms with Gasteiger partial charge in [0.1, 0.15) is 11.5 Å². The zero-order valence-corrected chi connectivity index (χ0v) is 15.8. The summed E-state index contributed by atoms with van der Waals surface area (Å²) in [7, 11) is 0. The molecule has 4 N–H and O–H groups in total. The Balaban J connectivity index is 1.64. The highest BCUT2D eigenvalue weighted by atomic mass is 16.3. The van der Waals surface area contributed by atoms with Crippen molar-refractivity contribution >= 4 is 17.3 Å². The number of phenols is 2. The van der Waals surface area contributed by atoms with Crippen LogP contribution in [0.4, 0.5) is 5.69 Å². The molecule has 0 bridgehead atoms. The van der Waals surface area contributed by atoms with E-state index >= 15 is 0 Å². The van der Waals surface area contributed by atoms with Gasteiger partial charge >= 0.3 is 0 Å². The molecule has 0 saturated heterocycles. The molecular formula is C21H25N3O3. The molecular weight excluding hydrogens is 342 g/mol. The smallest absolute Gasteiger partial charge is 0.230 e. The second-order valence-electron chi connectivity index (χ2n) is 7.23. The van der Waals surface area contributed by atoms with E-state index in [0.717, 1.165) is 22.4 Å². The van der Waals surface area contributed by atoms with E-state index < -0.39 is 0 Å². The number of para-hydroxylation sites is 1. The van der Waals surface area contributed by atoms with Crippen molar-refractivity contribution < 1.29 is 15.0 Å². The molecule has 2 aromatic carbocycles. The maximum absolute atomic E-state index is 12.5. The summed E-state index contributed by atoms with van der Waals surface area (Å²) in [6.07, 6.45) is 0.741. The second kappa shape index (κ2) is 7.70. The number of hydrogen-bond donors (Lipinski definition) is 4. The molecule has 0 radical (unpaired) electrons. The average Bonchev–Trinajstić information content (AvgIpc) is 3.05. The highest BCUT2D eigenvalue weighted by Crippen LogP contribution is 2.32. The number of nitrogens with one attached hydrogen (secondary N) is 2. The third kappa shape index (κ3) is 4.22. The van der Waals surface area contributed by atoms with Crippen molar-refractivity contribution in [2.24, 2.45) is 5.10 Å². The summed E-state index contributed by atoms with van der Waals surface area (Å²) in [6, 6.07) is 10.5. The van der Waals surface area contributed by atoms with Crippen LogP contribution >= 0.6 is 0 Å². The Morgan fingerprint density at radius 1 is 1.26 bits per heavy atom. The third-order valence-electron chi connectivity index (χ3n) is 4.76. The molecule has 1 heterocycles. The fourth-order valence-electron chi connectivity index (χ4n) is 3.26. The molecule has 0 aromatic heterocycles. The maximum atomic E-state index is 12.5. The lowest BCUT2D eigenvalue weighted by molar-refractivity contribution is -0.115. The van der Waals surface area contributed by atoms with Gasteiger partial charge in [-0.05, 0) is 42.2 Å². The number of carbonyl (C=O) groups excluding carboxylic acids is 1. The second-order valence-corrected chi connectivity index (χ2v) is 7.23. The topological polar surface area (TPSA) is 94.0 Å². The van der Waals surface area contributed by atoms with Crippen molar-refractivity contribution in [2.75, 3.05) is 5.32 Å². The van der Waals surface area contributed by atoms with E-state index in [1.165, 1.54) is 0 Å². The monoisotopic (exact) mass is 367 g/mol. The van der Waals surface area contributed by atoms with E-state index in [1.54, 1.807) is 18.2 Å². The van der Waals surface area contributed by atoms with Gasteiger partial charge in [-0.1, -0.05) is 32.0 Å². The number of rotatable bonds is 5. The Morgan fingerprint density at radius 2 is 2.00 bits per heavy atom. The third-order valence-corrected chi connectivity index (χ3v) is 4.76. The van der Waals surface area contributed by atoms with Crippen LogP contribution in [0.5, 0.6) is 11.5 Å². The number of phenolic OH excluding ortho intramolecular Hbond substituents is 2. The molecule has 1 aliphatic heterocycles. The van der Waals surface area contributed by atoms with E-state index in [1.807, 2.05) is 39.0 Å². The standard InChI is InChI=1S/C21H25N3O3/c1-12(2)16-11-17(13(3)8-20(16)26)22-21(27)10-14-9-18(24-23-14)15-6-4-5-7-19(15)25/h4-8,11-12,18,24-26H,9-10H2,1-3H3,(H,22,27). The zero-order chi connectivity index (χ0) is 19.6. The normalized spacial score (nSPS) is 16.1. The van der Waals surface area contributed by atoms with Crippen molar-refractivity contribution in [3.05, 3.63) is 53.1 Å². The van der Waals surface area contributed by atoms with Crippen molar-refractivity contribution in [2.45, 2.75) is 45.6 Å². The first-order valence-corrected chi connectivity index (χ1v) is 9.07. The number of benzene rings is 2. The molecule has 6 heteroatoms. The molecule has 0 fully saturated rings. The summed E-state index contributed by atoms with van der Waals surface area (Å²) in [5.41, 5.74) is 6.81. The van der Waals surface area contributed by atoms with Gasteiger partial charge in [0.05, 0.1) is 12.5 Å². The van der Waals surface area contributed by atoms with Crippen LogP contribution in [0.1, 0.15) is 55.3 Å². The van der Waals surface area contributed by atoms with Gasteiger partial charge in [0.15, 0.2) is 0 Å². The Morgan fingerprint density at radius 3 is 2.70 bits per heavy atom. The minimum atomic E-state index is -0.156. The summed E-state index contributed by atoms with van der Waals surface area (Å²) in [4.78, 5) is 12.5. The molecule has 6 nitrogen and oxygen atoms in total. The van der Waals surface area contributed by atoms with Crippen LogP contribution in [-0.2, 0) is 4.79 Å². The number of aryl methyl sites for hydroxylation is 1. The van der Waals surface area contributed by atoms with E-state index in [9.17, 15) is 15.0 Å². The van der Waals surface area contributed by atoms with Crippen LogP contribution in [0.2, 0.25) is 0 Å². The van der Waals surface area contributed by atoms with Crippen LogP contribution in [-0.4, -0.2) is 21.8 Å². The molecule has 1 aliphatic rings. The van der Waals surface area contributed by atoms with Gasteiger partial charge in [0.25, 0.3) is 0 Å². The number of carbonyl (C=O) groups is 1. The fraction of sp³-hybridized carbons (Fsp3) is 0.333. The first kappa shape index (κ1) is 18.8. The van der Waals surface area contributed by atoms with Gasteiger partial charge in [0, 0.05) is 23.4 Å². The first-order valence-electron chi connectivity index (χ1n) is 9.07. The molecule has 0 saturated carbocycles. The van der Waals surface area contributed by atoms with E-state index in [4.69, 9.17) is 0 Å². The van der Waals surface area contributed by atoms with E-state index in [-0.39, 0.29) is 35.8 Å². The molecule has 3 rings (SSSR count). The Hall–Kier alpha value is -3.02. The van der Waals surface area contributed by atoms with Gasteiger partial charge in [-0.25, -0.2) is 0 Å². The number of hydrogen-bond acceptors (Lipinski definition) is 5. The van der Waals surface area contributed by atoms with Crippen LogP contribution < -0.4 is 10.7 Å². The van der Waals surface area contributed by atoms with Gasteiger partial charge in [0.2, 0.25) is 5.91 Å². The molecule has 1 atom stereocenters. The van der Waals surface area contributed by atoms with Crippen LogP contribution in [0, 0.1) is 6.92 Å². The minimum Gasteiger partial charge on any atom is -0.508 e. The molecule has 1 amide bonds. The number of aromatic hydroxyl groups is 2. The van der Waals surface area contributed by atoms with Gasteiger partial charge in [-0.2, -0.15) is 5.10 Å². The number of hydrazone groups is 1. The molecule has 0 spiro atoms. The van der Waals surface area contributed by atoms with Gasteiger partial charge in [-0.3, -0.25) is 4.79 Å². The number of anilines is 1. The molecule has 142 valence electrons. The van der Waals surface area contributed by atoms with E-state index in [2.05, 4.69) is 15.8 Å².